The van der Waals surface area contributed by atoms with Crippen molar-refractivity contribution in [3.8, 4) is 5.69 Å². The van der Waals surface area contributed by atoms with E-state index in [9.17, 15) is 4.79 Å². The zero-order chi connectivity index (χ0) is 21.0. The van der Waals surface area contributed by atoms with Gasteiger partial charge in [0, 0.05) is 42.0 Å². The van der Waals surface area contributed by atoms with Crippen LogP contribution in [0.4, 0.5) is 0 Å². The number of aryl methyl sites for hydroxylation is 1. The van der Waals surface area contributed by atoms with Crippen molar-refractivity contribution in [3.63, 3.8) is 0 Å². The molecule has 0 aliphatic heterocycles. The van der Waals surface area contributed by atoms with Gasteiger partial charge in [0.2, 0.25) is 5.91 Å². The van der Waals surface area contributed by atoms with Crippen LogP contribution in [0.25, 0.3) is 5.69 Å². The molecule has 2 heterocycles. The highest BCUT2D eigenvalue weighted by atomic mass is 35.5. The first-order valence-electron chi connectivity index (χ1n) is 9.92. The molecule has 0 bridgehead atoms. The van der Waals surface area contributed by atoms with Crippen LogP contribution in [0.5, 0.6) is 0 Å². The number of nitrogens with one attached hydrogen (secondary N) is 1. The summed E-state index contributed by atoms with van der Waals surface area (Å²) in [5.41, 5.74) is 5.23. The van der Waals surface area contributed by atoms with Crippen molar-refractivity contribution in [1.29, 1.82) is 0 Å². The summed E-state index contributed by atoms with van der Waals surface area (Å²) in [6.07, 6.45) is 4.82. The molecule has 0 aliphatic rings. The van der Waals surface area contributed by atoms with Crippen LogP contribution in [0.1, 0.15) is 42.8 Å². The van der Waals surface area contributed by atoms with Crippen molar-refractivity contribution in [2.75, 3.05) is 0 Å². The van der Waals surface area contributed by atoms with Gasteiger partial charge in [-0.25, -0.2) is 4.68 Å². The van der Waals surface area contributed by atoms with Gasteiger partial charge in [-0.15, -0.1) is 0 Å². The maximum Gasteiger partial charge on any atom is 0.220 e. The normalized spacial score (nSPS) is 11.2. The molecule has 1 amide bonds. The van der Waals surface area contributed by atoms with E-state index in [2.05, 4.69) is 41.0 Å². The highest BCUT2D eigenvalue weighted by Crippen LogP contribution is 2.17. The van der Waals surface area contributed by atoms with Crippen LogP contribution in [0.2, 0.25) is 5.02 Å². The van der Waals surface area contributed by atoms with Gasteiger partial charge in [0.15, 0.2) is 0 Å². The van der Waals surface area contributed by atoms with Crippen LogP contribution in [0.3, 0.4) is 0 Å². The highest BCUT2D eigenvalue weighted by molar-refractivity contribution is 6.30. The molecular formula is C22H28ClN5O. The quantitative estimate of drug-likeness (QED) is 0.600. The van der Waals surface area contributed by atoms with Crippen LogP contribution < -0.4 is 5.32 Å². The molecule has 7 heteroatoms. The zero-order valence-corrected chi connectivity index (χ0v) is 18.2. The van der Waals surface area contributed by atoms with E-state index in [4.69, 9.17) is 11.6 Å². The van der Waals surface area contributed by atoms with E-state index >= 15 is 0 Å². The van der Waals surface area contributed by atoms with Crippen molar-refractivity contribution < 1.29 is 4.79 Å². The second kappa shape index (κ2) is 9.27. The SMILES string of the molecule is Cc1nn(CC(C)C)c(C)c1CCC(=O)NCc1cnn(-c2ccc(Cl)cc2)c1. The number of halogens is 1. The van der Waals surface area contributed by atoms with Gasteiger partial charge in [-0.2, -0.15) is 10.2 Å². The molecule has 0 saturated carbocycles. The maximum atomic E-state index is 12.3. The minimum Gasteiger partial charge on any atom is -0.352 e. The molecule has 0 unspecified atom stereocenters. The number of benzene rings is 1. The monoisotopic (exact) mass is 413 g/mol. The molecule has 0 aliphatic carbocycles. The molecular weight excluding hydrogens is 386 g/mol. The fourth-order valence-electron chi connectivity index (χ4n) is 3.33. The number of aromatic nitrogens is 4. The predicted octanol–water partition coefficient (Wildman–Crippen LogP) is 4.24. The van der Waals surface area contributed by atoms with Crippen LogP contribution in [0, 0.1) is 19.8 Å². The third kappa shape index (κ3) is 5.48. The standard InChI is InChI=1S/C22H28ClN5O/c1-15(2)13-27-17(4)21(16(3)26-27)9-10-22(29)24-11-18-12-25-28(14-18)20-7-5-19(23)6-8-20/h5-8,12,14-15H,9-11,13H2,1-4H3,(H,24,29). The van der Waals surface area contributed by atoms with Gasteiger partial charge in [-0.05, 0) is 56.0 Å². The van der Waals surface area contributed by atoms with E-state index in [1.54, 1.807) is 10.9 Å². The minimum absolute atomic E-state index is 0.0275. The Kier molecular flexibility index (Phi) is 6.75. The number of hydrogen-bond acceptors (Lipinski definition) is 3. The Labute approximate surface area is 176 Å². The van der Waals surface area contributed by atoms with Gasteiger partial charge >= 0.3 is 0 Å². The smallest absolute Gasteiger partial charge is 0.220 e. The van der Waals surface area contributed by atoms with E-state index in [1.165, 1.54) is 5.56 Å². The van der Waals surface area contributed by atoms with Gasteiger partial charge in [0.25, 0.3) is 0 Å². The molecule has 3 rings (SSSR count). The Balaban J connectivity index is 1.52. The summed E-state index contributed by atoms with van der Waals surface area (Å²) in [5, 5.41) is 12.6. The second-order valence-corrected chi connectivity index (χ2v) is 8.21. The molecule has 0 saturated heterocycles. The summed E-state index contributed by atoms with van der Waals surface area (Å²) >= 11 is 5.92. The second-order valence-electron chi connectivity index (χ2n) is 7.77. The fourth-order valence-corrected chi connectivity index (χ4v) is 3.46. The summed E-state index contributed by atoms with van der Waals surface area (Å²) < 4.78 is 3.83. The van der Waals surface area contributed by atoms with Gasteiger partial charge in [-0.3, -0.25) is 9.48 Å². The lowest BCUT2D eigenvalue weighted by Gasteiger charge is -2.08. The summed E-state index contributed by atoms with van der Waals surface area (Å²) in [7, 11) is 0. The number of carbonyl (C=O) groups excluding carboxylic acids is 1. The van der Waals surface area contributed by atoms with Gasteiger partial charge in [0.1, 0.15) is 0 Å². The molecule has 1 N–H and O–H groups in total. The molecule has 0 spiro atoms. The largest absolute Gasteiger partial charge is 0.352 e. The summed E-state index contributed by atoms with van der Waals surface area (Å²) in [5.74, 6) is 0.567. The van der Waals surface area contributed by atoms with E-state index in [-0.39, 0.29) is 5.91 Å². The van der Waals surface area contributed by atoms with Crippen molar-refractivity contribution in [2.45, 2.75) is 53.6 Å². The topological polar surface area (TPSA) is 64.7 Å². The van der Waals surface area contributed by atoms with E-state index in [0.717, 1.165) is 29.2 Å². The first-order valence-corrected chi connectivity index (χ1v) is 10.3. The molecule has 0 radical (unpaired) electrons. The fraction of sp³-hybridized carbons (Fsp3) is 0.409. The van der Waals surface area contributed by atoms with Gasteiger partial charge in [-0.1, -0.05) is 25.4 Å². The van der Waals surface area contributed by atoms with Crippen molar-refractivity contribution in [3.05, 3.63) is 64.2 Å². The lowest BCUT2D eigenvalue weighted by molar-refractivity contribution is -0.121. The Morgan fingerprint density at radius 2 is 1.93 bits per heavy atom. The molecule has 0 atom stereocenters. The Morgan fingerprint density at radius 1 is 1.21 bits per heavy atom. The van der Waals surface area contributed by atoms with E-state index < -0.39 is 0 Å². The zero-order valence-electron chi connectivity index (χ0n) is 17.4. The molecule has 0 fully saturated rings. The molecule has 3 aromatic rings. The lowest BCUT2D eigenvalue weighted by atomic mass is 10.1. The lowest BCUT2D eigenvalue weighted by Crippen LogP contribution is -2.23. The average Bonchev–Trinajstić information content (AvgIpc) is 3.24. The molecule has 2 aromatic heterocycles. The Morgan fingerprint density at radius 3 is 2.62 bits per heavy atom. The third-order valence-electron chi connectivity index (χ3n) is 4.89. The van der Waals surface area contributed by atoms with E-state index in [0.29, 0.717) is 30.3 Å². The van der Waals surface area contributed by atoms with E-state index in [1.807, 2.05) is 37.4 Å². The van der Waals surface area contributed by atoms with Crippen LogP contribution in [-0.2, 0) is 24.3 Å². The number of hydrogen-bond donors (Lipinski definition) is 1. The Hall–Kier alpha value is -2.60. The van der Waals surface area contributed by atoms with Crippen molar-refractivity contribution in [2.24, 2.45) is 5.92 Å². The molecule has 1 aromatic carbocycles. The Bertz CT molecular complexity index is 972. The third-order valence-corrected chi connectivity index (χ3v) is 5.14. The average molecular weight is 414 g/mol. The highest BCUT2D eigenvalue weighted by Gasteiger charge is 2.14. The van der Waals surface area contributed by atoms with Gasteiger partial charge < -0.3 is 5.32 Å². The van der Waals surface area contributed by atoms with Crippen molar-refractivity contribution in [1.82, 2.24) is 24.9 Å². The number of rotatable bonds is 8. The number of carbonyl (C=O) groups is 1. The summed E-state index contributed by atoms with van der Waals surface area (Å²) in [6.45, 7) is 9.81. The number of nitrogens with zero attached hydrogens (tertiary/aromatic N) is 4. The van der Waals surface area contributed by atoms with Crippen LogP contribution >= 0.6 is 11.6 Å². The first-order chi connectivity index (χ1) is 13.8. The van der Waals surface area contributed by atoms with Crippen LogP contribution in [0.15, 0.2) is 36.7 Å². The summed E-state index contributed by atoms with van der Waals surface area (Å²) in [4.78, 5) is 12.3. The minimum atomic E-state index is 0.0275. The number of amides is 1. The molecule has 29 heavy (non-hydrogen) atoms. The maximum absolute atomic E-state index is 12.3. The van der Waals surface area contributed by atoms with Crippen molar-refractivity contribution >= 4 is 17.5 Å². The summed E-state index contributed by atoms with van der Waals surface area (Å²) in [6, 6.07) is 7.46. The molecule has 6 nitrogen and oxygen atoms in total. The molecule has 154 valence electrons. The first kappa shape index (κ1) is 21.1. The predicted molar refractivity (Wildman–Crippen MR) is 115 cm³/mol. The van der Waals surface area contributed by atoms with Crippen LogP contribution in [-0.4, -0.2) is 25.5 Å². The van der Waals surface area contributed by atoms with Gasteiger partial charge in [0.05, 0.1) is 17.6 Å².